The number of hydrogen-bond donors (Lipinski definition) is 2. The van der Waals surface area contributed by atoms with Gasteiger partial charge in [-0.25, -0.2) is 5.48 Å². The Morgan fingerprint density at radius 1 is 1.15 bits per heavy atom. The molecule has 33 heavy (non-hydrogen) atoms. The molecular weight excluding hydrogens is 459 g/mol. The van der Waals surface area contributed by atoms with E-state index in [9.17, 15) is 22.2 Å². The summed E-state index contributed by atoms with van der Waals surface area (Å²) in [5.74, 6) is -0.962. The first kappa shape index (κ1) is 25.2. The molecule has 2 aromatic carbocycles. The number of amides is 1. The summed E-state index contributed by atoms with van der Waals surface area (Å²) in [6.45, 7) is 2.58. The smallest absolute Gasteiger partial charge is 0.419 e. The van der Waals surface area contributed by atoms with E-state index in [0.29, 0.717) is 22.4 Å². The van der Waals surface area contributed by atoms with Crippen molar-refractivity contribution >= 4 is 16.7 Å². The highest BCUT2D eigenvalue weighted by atomic mass is 32.2. The number of alkyl halides is 3. The molecule has 0 spiro atoms. The van der Waals surface area contributed by atoms with Gasteiger partial charge in [-0.05, 0) is 54.7 Å². The third-order valence-electron chi connectivity index (χ3n) is 5.61. The minimum Gasteiger partial charge on any atom is -0.493 e. The van der Waals surface area contributed by atoms with Gasteiger partial charge in [-0.15, -0.1) is 0 Å². The summed E-state index contributed by atoms with van der Waals surface area (Å²) in [5, 5.41) is 9.15. The van der Waals surface area contributed by atoms with Crippen LogP contribution < -0.4 is 10.2 Å². The number of benzene rings is 2. The van der Waals surface area contributed by atoms with Crippen molar-refractivity contribution in [3.05, 3.63) is 48.0 Å². The van der Waals surface area contributed by atoms with Gasteiger partial charge in [0.05, 0.1) is 23.0 Å². The van der Waals surface area contributed by atoms with E-state index in [0.717, 1.165) is 12.5 Å². The Kier molecular flexibility index (Phi) is 8.14. The van der Waals surface area contributed by atoms with Crippen LogP contribution in [0.15, 0.2) is 47.4 Å². The molecule has 1 aliphatic heterocycles. The topological polar surface area (TPSA) is 84.9 Å². The molecule has 6 nitrogen and oxygen atoms in total. The van der Waals surface area contributed by atoms with E-state index >= 15 is 0 Å². The second-order valence-corrected chi connectivity index (χ2v) is 9.54. The van der Waals surface area contributed by atoms with E-state index in [4.69, 9.17) is 14.7 Å². The third kappa shape index (κ3) is 5.56. The lowest BCUT2D eigenvalue weighted by Gasteiger charge is -2.33. The number of nitrogens with one attached hydrogen (secondary N) is 1. The number of carbonyl (C=O) groups is 1. The van der Waals surface area contributed by atoms with E-state index < -0.39 is 33.2 Å². The highest BCUT2D eigenvalue weighted by Gasteiger charge is 2.46. The lowest BCUT2D eigenvalue weighted by Crippen LogP contribution is -2.52. The lowest BCUT2D eigenvalue weighted by molar-refractivity contribution is -0.139. The normalized spacial score (nSPS) is 16.8. The number of unbranched alkanes of at least 4 members (excludes halogenated alkanes) is 1. The van der Waals surface area contributed by atoms with Crippen molar-refractivity contribution in [2.24, 2.45) is 0 Å². The van der Waals surface area contributed by atoms with Crippen LogP contribution in [0.3, 0.4) is 0 Å². The molecule has 3 rings (SSSR count). The Balaban J connectivity index is 1.89. The zero-order valence-electron chi connectivity index (χ0n) is 18.1. The maximum absolute atomic E-state index is 13.6. The summed E-state index contributed by atoms with van der Waals surface area (Å²) >= 11 is 0. The molecule has 2 aromatic rings. The Labute approximate surface area is 192 Å². The van der Waals surface area contributed by atoms with E-state index in [-0.39, 0.29) is 38.4 Å². The fourth-order valence-corrected chi connectivity index (χ4v) is 5.27. The maximum Gasteiger partial charge on any atom is 0.419 e. The van der Waals surface area contributed by atoms with E-state index in [1.807, 2.05) is 6.92 Å². The average Bonchev–Trinajstić information content (AvgIpc) is 2.83. The Hall–Kier alpha value is -2.43. The Bertz CT molecular complexity index is 989. The predicted molar refractivity (Wildman–Crippen MR) is 116 cm³/mol. The first-order valence-electron chi connectivity index (χ1n) is 10.6. The number of hydrogen-bond acceptors (Lipinski definition) is 5. The van der Waals surface area contributed by atoms with Gasteiger partial charge in [-0.2, -0.15) is 13.2 Å². The van der Waals surface area contributed by atoms with Gasteiger partial charge in [0.15, 0.2) is 0 Å². The minimum absolute atomic E-state index is 0.169. The molecule has 0 aliphatic carbocycles. The van der Waals surface area contributed by atoms with Crippen LogP contribution >= 0.6 is 0 Å². The van der Waals surface area contributed by atoms with Gasteiger partial charge < -0.3 is 9.47 Å². The molecule has 180 valence electrons. The van der Waals surface area contributed by atoms with Crippen molar-refractivity contribution in [1.29, 1.82) is 0 Å². The molecule has 10 heteroatoms. The highest BCUT2D eigenvalue weighted by Crippen LogP contribution is 2.39. The average molecular weight is 486 g/mol. The van der Waals surface area contributed by atoms with E-state index in [2.05, 4.69) is 0 Å². The van der Waals surface area contributed by atoms with E-state index in [1.165, 1.54) is 18.2 Å². The van der Waals surface area contributed by atoms with Gasteiger partial charge in [-0.1, -0.05) is 31.5 Å². The highest BCUT2D eigenvalue weighted by molar-refractivity contribution is 7.87. The van der Waals surface area contributed by atoms with Crippen LogP contribution in [0.1, 0.15) is 38.2 Å². The van der Waals surface area contributed by atoms with Crippen LogP contribution in [0.2, 0.25) is 0 Å². The van der Waals surface area contributed by atoms with Gasteiger partial charge in [-0.3, -0.25) is 14.2 Å². The molecule has 0 saturated carbocycles. The molecular formula is C23H26F3NO5S. The SMILES string of the molecule is CCCCOc1ccc(-c2ccc(S(=O)C3(C(=O)NO)CCOCC3)cc2)cc1C(F)(F)F. The monoisotopic (exact) mass is 485 g/mol. The van der Waals surface area contributed by atoms with Crippen LogP contribution in [0.5, 0.6) is 5.75 Å². The fourth-order valence-electron chi connectivity index (χ4n) is 3.68. The van der Waals surface area contributed by atoms with Crippen LogP contribution in [0.4, 0.5) is 13.2 Å². The summed E-state index contributed by atoms with van der Waals surface area (Å²) in [6.07, 6.45) is -2.78. The summed E-state index contributed by atoms with van der Waals surface area (Å²) in [7, 11) is -1.80. The molecule has 1 saturated heterocycles. The standard InChI is InChI=1S/C23H26F3NO5S/c1-2-3-12-32-20-9-6-17(15-19(20)23(24,25)26)16-4-7-18(8-5-16)33(30)22(21(28)27-29)10-13-31-14-11-22/h4-9,15,29H,2-3,10-14H2,1H3,(H,27,28). The summed E-state index contributed by atoms with van der Waals surface area (Å²) in [4.78, 5) is 12.7. The largest absolute Gasteiger partial charge is 0.493 e. The molecule has 1 atom stereocenters. The van der Waals surface area contributed by atoms with Crippen molar-refractivity contribution in [2.75, 3.05) is 19.8 Å². The minimum atomic E-state index is -4.58. The number of halogens is 3. The fraction of sp³-hybridized carbons (Fsp3) is 0.435. The summed E-state index contributed by atoms with van der Waals surface area (Å²) < 4.78 is 63.3. The zero-order chi connectivity index (χ0) is 24.1. The molecule has 1 aliphatic rings. The van der Waals surface area contributed by atoms with Crippen molar-refractivity contribution in [3.63, 3.8) is 0 Å². The number of hydroxylamine groups is 1. The van der Waals surface area contributed by atoms with Gasteiger partial charge >= 0.3 is 6.18 Å². The summed E-state index contributed by atoms with van der Waals surface area (Å²) in [6, 6.07) is 10.0. The van der Waals surface area contributed by atoms with Crippen LogP contribution in [0, 0.1) is 0 Å². The first-order chi connectivity index (χ1) is 15.7. The van der Waals surface area contributed by atoms with Crippen LogP contribution in [-0.2, 0) is 26.5 Å². The van der Waals surface area contributed by atoms with E-state index in [1.54, 1.807) is 23.7 Å². The zero-order valence-corrected chi connectivity index (χ0v) is 18.9. The third-order valence-corrected chi connectivity index (χ3v) is 7.62. The molecule has 1 unspecified atom stereocenters. The maximum atomic E-state index is 13.6. The molecule has 0 radical (unpaired) electrons. The molecule has 0 aromatic heterocycles. The molecule has 0 bridgehead atoms. The predicted octanol–water partition coefficient (Wildman–Crippen LogP) is 4.71. The molecule has 1 heterocycles. The van der Waals surface area contributed by atoms with Gasteiger partial charge in [0.25, 0.3) is 5.91 Å². The van der Waals surface area contributed by atoms with Gasteiger partial charge in [0.1, 0.15) is 10.5 Å². The first-order valence-corrected chi connectivity index (χ1v) is 11.8. The molecule has 1 fully saturated rings. The quantitative estimate of drug-likeness (QED) is 0.321. The molecule has 2 N–H and O–H groups in total. The Morgan fingerprint density at radius 3 is 2.36 bits per heavy atom. The summed E-state index contributed by atoms with van der Waals surface area (Å²) in [5.41, 5.74) is 1.57. The number of rotatable bonds is 8. The van der Waals surface area contributed by atoms with Crippen molar-refractivity contribution < 1.29 is 36.9 Å². The van der Waals surface area contributed by atoms with Crippen LogP contribution in [-0.4, -0.2) is 39.9 Å². The number of carbonyl (C=O) groups excluding carboxylic acids is 1. The van der Waals surface area contributed by atoms with Crippen molar-refractivity contribution in [1.82, 2.24) is 5.48 Å². The van der Waals surface area contributed by atoms with Gasteiger partial charge in [0.2, 0.25) is 0 Å². The molecule has 1 amide bonds. The Morgan fingerprint density at radius 2 is 1.79 bits per heavy atom. The second kappa shape index (κ2) is 10.7. The lowest BCUT2D eigenvalue weighted by atomic mass is 9.98. The second-order valence-electron chi connectivity index (χ2n) is 7.75. The van der Waals surface area contributed by atoms with Crippen molar-refractivity contribution in [3.8, 4) is 16.9 Å². The number of ether oxygens (including phenoxy) is 2. The van der Waals surface area contributed by atoms with Crippen molar-refractivity contribution in [2.45, 2.75) is 48.4 Å². The van der Waals surface area contributed by atoms with Gasteiger partial charge in [0, 0.05) is 18.1 Å². The van der Waals surface area contributed by atoms with Crippen LogP contribution in [0.25, 0.3) is 11.1 Å².